The van der Waals surface area contributed by atoms with E-state index in [9.17, 15) is 4.79 Å². The SMILES string of the molecule is COC(=O)c1cc(C)sc1NC(=S)NCc1cccc(Cl)c1. The number of carbonyl (C=O) groups excluding carboxylic acids is 1. The quantitative estimate of drug-likeness (QED) is 0.642. The zero-order valence-corrected chi connectivity index (χ0v) is 14.5. The van der Waals surface area contributed by atoms with Gasteiger partial charge in [0.2, 0.25) is 0 Å². The first-order valence-electron chi connectivity index (χ1n) is 6.47. The molecule has 7 heteroatoms. The van der Waals surface area contributed by atoms with Gasteiger partial charge in [-0.25, -0.2) is 4.79 Å². The number of rotatable bonds is 4. The lowest BCUT2D eigenvalue weighted by Gasteiger charge is -2.10. The van der Waals surface area contributed by atoms with Crippen LogP contribution < -0.4 is 10.6 Å². The van der Waals surface area contributed by atoms with Gasteiger partial charge < -0.3 is 15.4 Å². The zero-order chi connectivity index (χ0) is 16.1. The fourth-order valence-electron chi connectivity index (χ4n) is 1.85. The van der Waals surface area contributed by atoms with Crippen LogP contribution >= 0.6 is 35.2 Å². The number of hydrogen-bond donors (Lipinski definition) is 2. The van der Waals surface area contributed by atoms with Crippen LogP contribution in [0.5, 0.6) is 0 Å². The fraction of sp³-hybridized carbons (Fsp3) is 0.200. The third-order valence-electron chi connectivity index (χ3n) is 2.83. The first-order valence-corrected chi connectivity index (χ1v) is 8.08. The molecule has 0 radical (unpaired) electrons. The van der Waals surface area contributed by atoms with Gasteiger partial charge in [0.25, 0.3) is 0 Å². The number of aryl methyl sites for hydroxylation is 1. The minimum absolute atomic E-state index is 0.385. The fourth-order valence-corrected chi connectivity index (χ4v) is 3.20. The highest BCUT2D eigenvalue weighted by Crippen LogP contribution is 2.28. The maximum atomic E-state index is 11.7. The van der Waals surface area contributed by atoms with Gasteiger partial charge in [-0.15, -0.1) is 11.3 Å². The van der Waals surface area contributed by atoms with Gasteiger partial charge in [-0.3, -0.25) is 0 Å². The van der Waals surface area contributed by atoms with Crippen molar-refractivity contribution in [3.63, 3.8) is 0 Å². The Bertz CT molecular complexity index is 701. The van der Waals surface area contributed by atoms with Crippen LogP contribution in [-0.2, 0) is 11.3 Å². The molecule has 0 atom stereocenters. The number of carbonyl (C=O) groups is 1. The number of nitrogens with one attached hydrogen (secondary N) is 2. The Kier molecular flexibility index (Phi) is 5.76. The van der Waals surface area contributed by atoms with Crippen molar-refractivity contribution in [1.29, 1.82) is 0 Å². The molecule has 0 aliphatic rings. The number of thiocarbonyl (C=S) groups is 1. The molecule has 2 aromatic rings. The van der Waals surface area contributed by atoms with Crippen LogP contribution in [-0.4, -0.2) is 18.2 Å². The highest BCUT2D eigenvalue weighted by molar-refractivity contribution is 7.80. The van der Waals surface area contributed by atoms with Crippen molar-refractivity contribution in [2.45, 2.75) is 13.5 Å². The molecular weight excluding hydrogens is 340 g/mol. The molecule has 0 amide bonds. The third-order valence-corrected chi connectivity index (χ3v) is 4.28. The highest BCUT2D eigenvalue weighted by atomic mass is 35.5. The highest BCUT2D eigenvalue weighted by Gasteiger charge is 2.16. The van der Waals surface area contributed by atoms with Crippen molar-refractivity contribution in [2.75, 3.05) is 12.4 Å². The zero-order valence-electron chi connectivity index (χ0n) is 12.1. The van der Waals surface area contributed by atoms with Crippen LogP contribution in [0.2, 0.25) is 5.02 Å². The molecule has 22 heavy (non-hydrogen) atoms. The largest absolute Gasteiger partial charge is 0.465 e. The number of halogens is 1. The van der Waals surface area contributed by atoms with E-state index in [-0.39, 0.29) is 5.97 Å². The summed E-state index contributed by atoms with van der Waals surface area (Å²) in [5, 5.41) is 7.91. The van der Waals surface area contributed by atoms with Crippen molar-refractivity contribution in [2.24, 2.45) is 0 Å². The summed E-state index contributed by atoms with van der Waals surface area (Å²) in [7, 11) is 1.36. The van der Waals surface area contributed by atoms with Crippen LogP contribution in [0, 0.1) is 6.92 Å². The van der Waals surface area contributed by atoms with E-state index in [1.54, 1.807) is 6.07 Å². The first kappa shape index (κ1) is 16.7. The van der Waals surface area contributed by atoms with Gasteiger partial charge in [-0.2, -0.15) is 0 Å². The van der Waals surface area contributed by atoms with E-state index < -0.39 is 0 Å². The number of anilines is 1. The summed E-state index contributed by atoms with van der Waals surface area (Å²) in [5.41, 5.74) is 1.50. The summed E-state index contributed by atoms with van der Waals surface area (Å²) in [6.07, 6.45) is 0. The second-order valence-electron chi connectivity index (χ2n) is 4.53. The monoisotopic (exact) mass is 354 g/mol. The van der Waals surface area contributed by atoms with Gasteiger partial charge >= 0.3 is 5.97 Å². The molecule has 0 aliphatic heterocycles. The molecule has 0 bridgehead atoms. The summed E-state index contributed by atoms with van der Waals surface area (Å²) in [6, 6.07) is 9.30. The Balaban J connectivity index is 1.99. The number of hydrogen-bond acceptors (Lipinski definition) is 4. The Morgan fingerprint density at radius 1 is 1.41 bits per heavy atom. The van der Waals surface area contributed by atoms with Gasteiger partial charge in [0.05, 0.1) is 12.7 Å². The Hall–Kier alpha value is -1.63. The lowest BCUT2D eigenvalue weighted by atomic mass is 10.2. The smallest absolute Gasteiger partial charge is 0.340 e. The molecule has 4 nitrogen and oxygen atoms in total. The molecule has 1 heterocycles. The van der Waals surface area contributed by atoms with Crippen molar-refractivity contribution in [3.05, 3.63) is 51.4 Å². The van der Waals surface area contributed by atoms with Crippen molar-refractivity contribution in [1.82, 2.24) is 5.32 Å². The van der Waals surface area contributed by atoms with Crippen molar-refractivity contribution >= 4 is 51.2 Å². The normalized spacial score (nSPS) is 10.1. The van der Waals surface area contributed by atoms with E-state index in [0.29, 0.717) is 27.2 Å². The number of thiophene rings is 1. The van der Waals surface area contributed by atoms with Crippen LogP contribution in [0.25, 0.3) is 0 Å². The van der Waals surface area contributed by atoms with Gasteiger partial charge in [0, 0.05) is 16.4 Å². The van der Waals surface area contributed by atoms with Gasteiger partial charge in [0.1, 0.15) is 5.00 Å². The van der Waals surface area contributed by atoms with E-state index in [2.05, 4.69) is 10.6 Å². The van der Waals surface area contributed by atoms with Crippen molar-refractivity contribution in [3.8, 4) is 0 Å². The molecule has 116 valence electrons. The van der Waals surface area contributed by atoms with E-state index in [0.717, 1.165) is 10.4 Å². The van der Waals surface area contributed by atoms with Gasteiger partial charge in [-0.05, 0) is 42.9 Å². The minimum atomic E-state index is -0.385. The standard InChI is InChI=1S/C15H15ClN2O2S2/c1-9-6-12(14(19)20-2)13(22-9)18-15(21)17-8-10-4-3-5-11(16)7-10/h3-7H,8H2,1-2H3,(H2,17,18,21). The molecule has 2 N–H and O–H groups in total. The minimum Gasteiger partial charge on any atom is -0.465 e. The summed E-state index contributed by atoms with van der Waals surface area (Å²) >= 11 is 12.6. The van der Waals surface area contributed by atoms with E-state index in [4.69, 9.17) is 28.6 Å². The lowest BCUT2D eigenvalue weighted by molar-refractivity contribution is 0.0602. The van der Waals surface area contributed by atoms with Crippen LogP contribution in [0.1, 0.15) is 20.8 Å². The first-order chi connectivity index (χ1) is 10.5. The molecule has 0 unspecified atom stereocenters. The van der Waals surface area contributed by atoms with Gasteiger partial charge in [0.15, 0.2) is 5.11 Å². The second-order valence-corrected chi connectivity index (χ2v) is 6.63. The van der Waals surface area contributed by atoms with E-state index >= 15 is 0 Å². The Labute approximate surface area is 143 Å². The summed E-state index contributed by atoms with van der Waals surface area (Å²) in [4.78, 5) is 12.7. The van der Waals surface area contributed by atoms with Crippen LogP contribution in [0.4, 0.5) is 5.00 Å². The van der Waals surface area contributed by atoms with E-state index in [1.165, 1.54) is 18.4 Å². The molecule has 2 rings (SSSR count). The number of benzene rings is 1. The number of methoxy groups -OCH3 is 1. The third kappa shape index (κ3) is 4.43. The molecule has 0 saturated heterocycles. The number of esters is 1. The van der Waals surface area contributed by atoms with Gasteiger partial charge in [-0.1, -0.05) is 23.7 Å². The Morgan fingerprint density at radius 2 is 2.18 bits per heavy atom. The summed E-state index contributed by atoms with van der Waals surface area (Å²) in [5.74, 6) is -0.385. The summed E-state index contributed by atoms with van der Waals surface area (Å²) < 4.78 is 4.76. The van der Waals surface area contributed by atoms with Crippen LogP contribution in [0.3, 0.4) is 0 Å². The maximum absolute atomic E-state index is 11.7. The Morgan fingerprint density at radius 3 is 2.86 bits per heavy atom. The molecule has 0 saturated carbocycles. The number of ether oxygens (including phenoxy) is 1. The molecule has 0 fully saturated rings. The molecule has 1 aromatic carbocycles. The topological polar surface area (TPSA) is 50.4 Å². The second kappa shape index (κ2) is 7.58. The predicted octanol–water partition coefficient (Wildman–Crippen LogP) is 3.98. The van der Waals surface area contributed by atoms with E-state index in [1.807, 2.05) is 31.2 Å². The molecular formula is C15H15ClN2O2S2. The van der Waals surface area contributed by atoms with Crippen molar-refractivity contribution < 1.29 is 9.53 Å². The maximum Gasteiger partial charge on any atom is 0.340 e. The predicted molar refractivity (Wildman–Crippen MR) is 94.9 cm³/mol. The molecule has 0 aliphatic carbocycles. The molecule has 1 aromatic heterocycles. The summed E-state index contributed by atoms with van der Waals surface area (Å²) in [6.45, 7) is 2.47. The molecule has 0 spiro atoms. The average molecular weight is 355 g/mol. The van der Waals surface area contributed by atoms with Crippen LogP contribution in [0.15, 0.2) is 30.3 Å². The average Bonchev–Trinajstić information content (AvgIpc) is 2.85. The lowest BCUT2D eigenvalue weighted by Crippen LogP contribution is -2.28.